The van der Waals surface area contributed by atoms with Gasteiger partial charge in [0.05, 0.1) is 0 Å². The fraction of sp³-hybridized carbons (Fsp3) is 0.571. The van der Waals surface area contributed by atoms with E-state index >= 15 is 0 Å². The first-order chi connectivity index (χ1) is 10.3. The average Bonchev–Trinajstić information content (AvgIpc) is 2.41. The van der Waals surface area contributed by atoms with Crippen LogP contribution in [0.5, 0.6) is 0 Å². The van der Waals surface area contributed by atoms with Crippen molar-refractivity contribution in [2.75, 3.05) is 26.2 Å². The number of benzene rings is 1. The van der Waals surface area contributed by atoms with Gasteiger partial charge >= 0.3 is 6.18 Å². The first-order valence-corrected chi connectivity index (χ1v) is 7.31. The molecular weight excluding hydrogens is 327 g/mol. The highest BCUT2D eigenvalue weighted by Crippen LogP contribution is 2.35. The van der Waals surface area contributed by atoms with Crippen molar-refractivity contribution in [2.45, 2.75) is 25.1 Å². The lowest BCUT2D eigenvalue weighted by molar-refractivity contribution is -0.138. The summed E-state index contributed by atoms with van der Waals surface area (Å²) in [7, 11) is 0. The van der Waals surface area contributed by atoms with Crippen LogP contribution < -0.4 is 5.32 Å². The maximum Gasteiger partial charge on any atom is 0.389 e. The molecule has 1 aliphatic heterocycles. The SMILES string of the molecule is Fc1cc(Cl)cc(F)c1[C@@H](CCC(F)(F)F)N1CCNCC1. The smallest absolute Gasteiger partial charge is 0.314 e. The molecule has 1 fully saturated rings. The van der Waals surface area contributed by atoms with Crippen molar-refractivity contribution in [3.63, 3.8) is 0 Å². The summed E-state index contributed by atoms with van der Waals surface area (Å²) in [6.45, 7) is 2.01. The van der Waals surface area contributed by atoms with Crippen LogP contribution in [-0.4, -0.2) is 37.3 Å². The van der Waals surface area contributed by atoms with Gasteiger partial charge in [-0.3, -0.25) is 4.90 Å². The Labute approximate surface area is 130 Å². The first kappa shape index (κ1) is 17.4. The molecule has 0 spiro atoms. The van der Waals surface area contributed by atoms with E-state index in [9.17, 15) is 22.0 Å². The molecule has 0 amide bonds. The number of rotatable bonds is 4. The van der Waals surface area contributed by atoms with E-state index in [1.54, 1.807) is 4.90 Å². The van der Waals surface area contributed by atoms with Gasteiger partial charge in [-0.25, -0.2) is 8.78 Å². The lowest BCUT2D eigenvalue weighted by Gasteiger charge is -2.35. The van der Waals surface area contributed by atoms with Gasteiger partial charge < -0.3 is 5.32 Å². The molecule has 124 valence electrons. The van der Waals surface area contributed by atoms with E-state index in [4.69, 9.17) is 11.6 Å². The fourth-order valence-electron chi connectivity index (χ4n) is 2.68. The Balaban J connectivity index is 2.30. The zero-order valence-electron chi connectivity index (χ0n) is 11.7. The van der Waals surface area contributed by atoms with Crippen molar-refractivity contribution >= 4 is 11.6 Å². The summed E-state index contributed by atoms with van der Waals surface area (Å²) >= 11 is 5.58. The highest BCUT2D eigenvalue weighted by molar-refractivity contribution is 6.30. The molecule has 0 saturated carbocycles. The predicted octanol–water partition coefficient (Wildman–Crippen LogP) is 3.91. The average molecular weight is 343 g/mol. The van der Waals surface area contributed by atoms with E-state index in [1.165, 1.54) is 0 Å². The second-order valence-electron chi connectivity index (χ2n) is 5.24. The number of nitrogens with one attached hydrogen (secondary N) is 1. The summed E-state index contributed by atoms with van der Waals surface area (Å²) < 4.78 is 65.8. The molecule has 0 bridgehead atoms. The zero-order valence-corrected chi connectivity index (χ0v) is 12.4. The number of piperazine rings is 1. The van der Waals surface area contributed by atoms with Crippen LogP contribution in [0.25, 0.3) is 0 Å². The highest BCUT2D eigenvalue weighted by atomic mass is 35.5. The largest absolute Gasteiger partial charge is 0.389 e. The molecule has 1 aromatic carbocycles. The summed E-state index contributed by atoms with van der Waals surface area (Å²) in [4.78, 5) is 1.68. The van der Waals surface area contributed by atoms with Crippen LogP contribution in [0.4, 0.5) is 22.0 Å². The quantitative estimate of drug-likeness (QED) is 0.835. The van der Waals surface area contributed by atoms with Gasteiger partial charge in [0.25, 0.3) is 0 Å². The van der Waals surface area contributed by atoms with Crippen LogP contribution in [0.15, 0.2) is 12.1 Å². The van der Waals surface area contributed by atoms with Gasteiger partial charge in [-0.15, -0.1) is 0 Å². The van der Waals surface area contributed by atoms with Crippen LogP contribution in [0.3, 0.4) is 0 Å². The van der Waals surface area contributed by atoms with E-state index in [0.717, 1.165) is 12.1 Å². The van der Waals surface area contributed by atoms with Crippen molar-refractivity contribution in [1.29, 1.82) is 0 Å². The van der Waals surface area contributed by atoms with Gasteiger partial charge in [0.1, 0.15) is 11.6 Å². The van der Waals surface area contributed by atoms with Crippen LogP contribution in [-0.2, 0) is 0 Å². The monoisotopic (exact) mass is 342 g/mol. The second kappa shape index (κ2) is 7.10. The molecule has 0 aromatic heterocycles. The van der Waals surface area contributed by atoms with E-state index < -0.39 is 30.3 Å². The number of halogens is 6. The van der Waals surface area contributed by atoms with Crippen LogP contribution in [0.2, 0.25) is 5.02 Å². The molecule has 1 aliphatic rings. The minimum absolute atomic E-state index is 0.117. The number of hydrogen-bond donors (Lipinski definition) is 1. The Hall–Kier alpha value is -0.920. The number of hydrogen-bond acceptors (Lipinski definition) is 2. The van der Waals surface area contributed by atoms with Gasteiger partial charge in [0, 0.05) is 49.2 Å². The summed E-state index contributed by atoms with van der Waals surface area (Å²) in [5, 5.41) is 2.94. The molecule has 8 heteroatoms. The first-order valence-electron chi connectivity index (χ1n) is 6.94. The van der Waals surface area contributed by atoms with Gasteiger partial charge in [-0.05, 0) is 18.6 Å². The van der Waals surface area contributed by atoms with Gasteiger partial charge in [-0.2, -0.15) is 13.2 Å². The van der Waals surface area contributed by atoms with Gasteiger partial charge in [0.15, 0.2) is 0 Å². The lowest BCUT2D eigenvalue weighted by atomic mass is 9.98. The van der Waals surface area contributed by atoms with Crippen molar-refractivity contribution in [1.82, 2.24) is 10.2 Å². The molecule has 2 nitrogen and oxygen atoms in total. The molecule has 22 heavy (non-hydrogen) atoms. The summed E-state index contributed by atoms with van der Waals surface area (Å²) in [5.41, 5.74) is -0.337. The van der Waals surface area contributed by atoms with E-state index in [2.05, 4.69) is 5.32 Å². The van der Waals surface area contributed by atoms with E-state index in [0.29, 0.717) is 26.2 Å². The van der Waals surface area contributed by atoms with Crippen molar-refractivity contribution in [2.24, 2.45) is 0 Å². The van der Waals surface area contributed by atoms with Crippen LogP contribution >= 0.6 is 11.6 Å². The summed E-state index contributed by atoms with van der Waals surface area (Å²) in [6.07, 6.45) is -5.85. The number of alkyl halides is 3. The maximum atomic E-state index is 14.1. The van der Waals surface area contributed by atoms with Crippen molar-refractivity contribution < 1.29 is 22.0 Å². The highest BCUT2D eigenvalue weighted by Gasteiger charge is 2.33. The molecule has 0 unspecified atom stereocenters. The van der Waals surface area contributed by atoms with Crippen LogP contribution in [0.1, 0.15) is 24.4 Å². The predicted molar refractivity (Wildman–Crippen MR) is 73.8 cm³/mol. The molecule has 1 aromatic rings. The van der Waals surface area contributed by atoms with Gasteiger partial charge in [-0.1, -0.05) is 11.6 Å². The third-order valence-electron chi connectivity index (χ3n) is 3.67. The summed E-state index contributed by atoms with van der Waals surface area (Å²) in [5.74, 6) is -1.81. The van der Waals surface area contributed by atoms with Crippen molar-refractivity contribution in [3.05, 3.63) is 34.4 Å². The molecule has 1 atom stereocenters. The fourth-order valence-corrected chi connectivity index (χ4v) is 2.87. The maximum absolute atomic E-state index is 14.1. The molecular formula is C14H16ClF5N2. The Bertz CT molecular complexity index is 491. The second-order valence-corrected chi connectivity index (χ2v) is 5.68. The zero-order chi connectivity index (χ0) is 16.3. The molecule has 1 N–H and O–H groups in total. The molecule has 1 heterocycles. The van der Waals surface area contributed by atoms with E-state index in [1.807, 2.05) is 0 Å². The Morgan fingerprint density at radius 3 is 2.18 bits per heavy atom. The Morgan fingerprint density at radius 2 is 1.68 bits per heavy atom. The topological polar surface area (TPSA) is 15.3 Å². The van der Waals surface area contributed by atoms with Gasteiger partial charge in [0.2, 0.25) is 0 Å². The molecule has 1 saturated heterocycles. The number of nitrogens with zero attached hydrogens (tertiary/aromatic N) is 1. The minimum atomic E-state index is -4.37. The third kappa shape index (κ3) is 4.54. The molecule has 0 aliphatic carbocycles. The van der Waals surface area contributed by atoms with Crippen molar-refractivity contribution in [3.8, 4) is 0 Å². The Morgan fingerprint density at radius 1 is 1.14 bits per heavy atom. The standard InChI is InChI=1S/C14H16ClF5N2/c15-9-7-10(16)13(11(17)8-9)12(1-2-14(18,19)20)22-5-3-21-4-6-22/h7-8,12,21H,1-6H2/t12-/m1/s1. The molecule has 2 rings (SSSR count). The lowest BCUT2D eigenvalue weighted by Crippen LogP contribution is -2.45. The van der Waals surface area contributed by atoms with Crippen LogP contribution in [0, 0.1) is 11.6 Å². The third-order valence-corrected chi connectivity index (χ3v) is 3.89. The van der Waals surface area contributed by atoms with E-state index in [-0.39, 0.29) is 17.0 Å². The Kier molecular flexibility index (Phi) is 5.63. The molecule has 0 radical (unpaired) electrons. The summed E-state index contributed by atoms with van der Waals surface area (Å²) in [6, 6.07) is 0.909. The normalized spacial score (nSPS) is 18.5. The minimum Gasteiger partial charge on any atom is -0.314 e.